The van der Waals surface area contributed by atoms with Gasteiger partial charge in [0.15, 0.2) is 0 Å². The van der Waals surface area contributed by atoms with Crippen LogP contribution in [-0.4, -0.2) is 63.1 Å². The second kappa shape index (κ2) is 21.8. The van der Waals surface area contributed by atoms with Gasteiger partial charge in [-0.05, 0) is 6.42 Å². The van der Waals surface area contributed by atoms with Gasteiger partial charge in [-0.15, -0.1) is 0 Å². The molecule has 0 aliphatic carbocycles. The minimum Gasteiger partial charge on any atom is -0.460 e. The van der Waals surface area contributed by atoms with E-state index in [1.165, 1.54) is 94.8 Å². The van der Waals surface area contributed by atoms with E-state index in [1.54, 1.807) is 0 Å². The lowest BCUT2D eigenvalue weighted by Crippen LogP contribution is -3.10. The zero-order valence-electron chi connectivity index (χ0n) is 21.9. The SMILES string of the molecule is CCCCCCCCCCCCCCCCOCC(COP(=O)(O)CC[NH+]1CCCC1)OC=O. The zero-order chi connectivity index (χ0) is 24.7. The summed E-state index contributed by atoms with van der Waals surface area (Å²) in [6, 6.07) is 0. The fourth-order valence-electron chi connectivity index (χ4n) is 4.51. The lowest BCUT2D eigenvalue weighted by atomic mass is 10.0. The average Bonchev–Trinajstić information content (AvgIpc) is 3.35. The van der Waals surface area contributed by atoms with E-state index in [9.17, 15) is 14.3 Å². The molecule has 34 heavy (non-hydrogen) atoms. The van der Waals surface area contributed by atoms with Crippen molar-refractivity contribution in [3.05, 3.63) is 0 Å². The summed E-state index contributed by atoms with van der Waals surface area (Å²) in [7, 11) is -3.67. The predicted molar refractivity (Wildman–Crippen MR) is 138 cm³/mol. The Bertz CT molecular complexity index is 516. The molecule has 0 aromatic heterocycles. The monoisotopic (exact) mass is 506 g/mol. The number of unbranched alkanes of at least 4 members (excludes halogenated alkanes) is 13. The van der Waals surface area contributed by atoms with Crippen molar-refractivity contribution in [2.24, 2.45) is 0 Å². The molecule has 1 rings (SSSR count). The Labute approximate surface area is 208 Å². The molecular formula is C26H53NO6P+. The minimum atomic E-state index is -3.67. The van der Waals surface area contributed by atoms with E-state index < -0.39 is 13.7 Å². The van der Waals surface area contributed by atoms with Gasteiger partial charge in [0.1, 0.15) is 6.10 Å². The summed E-state index contributed by atoms with van der Waals surface area (Å²) in [5.41, 5.74) is 0. The van der Waals surface area contributed by atoms with Crippen molar-refractivity contribution >= 4 is 14.1 Å². The van der Waals surface area contributed by atoms with Crippen molar-refractivity contribution in [3.63, 3.8) is 0 Å². The van der Waals surface area contributed by atoms with Crippen LogP contribution >= 0.6 is 7.60 Å². The molecule has 0 bridgehead atoms. The molecular weight excluding hydrogens is 453 g/mol. The van der Waals surface area contributed by atoms with Crippen LogP contribution in [0.4, 0.5) is 0 Å². The van der Waals surface area contributed by atoms with E-state index in [1.807, 2.05) is 0 Å². The van der Waals surface area contributed by atoms with Crippen molar-refractivity contribution < 1.29 is 33.2 Å². The van der Waals surface area contributed by atoms with Crippen LogP contribution in [0.15, 0.2) is 0 Å². The molecule has 0 aromatic carbocycles. The largest absolute Gasteiger partial charge is 0.460 e. The first-order valence-electron chi connectivity index (χ1n) is 14.0. The van der Waals surface area contributed by atoms with Crippen LogP contribution in [0.3, 0.4) is 0 Å². The van der Waals surface area contributed by atoms with Gasteiger partial charge in [0.2, 0.25) is 0 Å². The molecule has 2 unspecified atom stereocenters. The predicted octanol–water partition coefficient (Wildman–Crippen LogP) is 4.91. The lowest BCUT2D eigenvalue weighted by molar-refractivity contribution is -0.884. The summed E-state index contributed by atoms with van der Waals surface area (Å²) in [6.07, 6.45) is 20.2. The highest BCUT2D eigenvalue weighted by Crippen LogP contribution is 2.41. The van der Waals surface area contributed by atoms with Crippen LogP contribution in [0.1, 0.15) is 110 Å². The Kier molecular flexibility index (Phi) is 20.2. The normalized spacial score (nSPS) is 17.0. The van der Waals surface area contributed by atoms with Crippen molar-refractivity contribution in [1.29, 1.82) is 0 Å². The highest BCUT2D eigenvalue weighted by molar-refractivity contribution is 7.52. The summed E-state index contributed by atoms with van der Waals surface area (Å²) >= 11 is 0. The number of rotatable bonds is 25. The number of carbonyl (C=O) groups is 1. The Morgan fingerprint density at radius 1 is 0.853 bits per heavy atom. The maximum absolute atomic E-state index is 12.2. The van der Waals surface area contributed by atoms with Crippen molar-refractivity contribution in [2.75, 3.05) is 45.6 Å². The van der Waals surface area contributed by atoms with Gasteiger partial charge < -0.3 is 23.8 Å². The third kappa shape index (κ3) is 18.8. The van der Waals surface area contributed by atoms with E-state index >= 15 is 0 Å². The summed E-state index contributed by atoms with van der Waals surface area (Å²) < 4.78 is 28.0. The average molecular weight is 507 g/mol. The minimum absolute atomic E-state index is 0.111. The van der Waals surface area contributed by atoms with Crippen LogP contribution in [0, 0.1) is 0 Å². The summed E-state index contributed by atoms with van der Waals surface area (Å²) in [5.74, 6) is 0. The molecule has 1 fully saturated rings. The molecule has 0 saturated carbocycles. The molecule has 0 spiro atoms. The third-order valence-electron chi connectivity index (χ3n) is 6.71. The summed E-state index contributed by atoms with van der Waals surface area (Å²) in [5, 5.41) is 0. The van der Waals surface area contributed by atoms with Crippen molar-refractivity contribution in [1.82, 2.24) is 0 Å². The Morgan fingerprint density at radius 2 is 1.38 bits per heavy atom. The van der Waals surface area contributed by atoms with E-state index in [-0.39, 0.29) is 19.4 Å². The van der Waals surface area contributed by atoms with Gasteiger partial charge in [-0.1, -0.05) is 90.4 Å². The summed E-state index contributed by atoms with van der Waals surface area (Å²) in [6.45, 7) is 6.05. The first kappa shape index (κ1) is 31.6. The van der Waals surface area contributed by atoms with Gasteiger partial charge in [0.05, 0.1) is 39.0 Å². The third-order valence-corrected chi connectivity index (χ3v) is 8.06. The number of nitrogens with one attached hydrogen (secondary N) is 1. The highest BCUT2D eigenvalue weighted by atomic mass is 31.2. The van der Waals surface area contributed by atoms with E-state index in [4.69, 9.17) is 14.0 Å². The molecule has 2 atom stereocenters. The lowest BCUT2D eigenvalue weighted by Gasteiger charge is -2.19. The van der Waals surface area contributed by atoms with E-state index in [0.29, 0.717) is 19.6 Å². The standard InChI is InChI=1S/C26H52NO6P/c1-2-3-4-5-6-7-8-9-10-11-12-13-14-17-21-31-23-26(32-25-28)24-33-34(29,30)22-20-27-18-15-16-19-27/h25-26H,2-24H2,1H3,(H,29,30)/p+1. The number of hydrogen-bond donors (Lipinski definition) is 2. The van der Waals surface area contributed by atoms with Crippen molar-refractivity contribution in [3.8, 4) is 0 Å². The quantitative estimate of drug-likeness (QED) is 0.104. The van der Waals surface area contributed by atoms with Crippen LogP contribution < -0.4 is 4.90 Å². The maximum atomic E-state index is 12.2. The van der Waals surface area contributed by atoms with Crippen LogP contribution in [0.5, 0.6) is 0 Å². The first-order chi connectivity index (χ1) is 16.6. The molecule has 2 N–H and O–H groups in total. The zero-order valence-corrected chi connectivity index (χ0v) is 22.7. The van der Waals surface area contributed by atoms with Gasteiger partial charge in [-0.25, -0.2) is 0 Å². The van der Waals surface area contributed by atoms with Crippen molar-refractivity contribution in [2.45, 2.75) is 116 Å². The van der Waals surface area contributed by atoms with Gasteiger partial charge in [0, 0.05) is 19.4 Å². The second-order valence-electron chi connectivity index (χ2n) is 9.89. The Morgan fingerprint density at radius 3 is 1.91 bits per heavy atom. The topological polar surface area (TPSA) is 86.5 Å². The first-order valence-corrected chi connectivity index (χ1v) is 15.8. The van der Waals surface area contributed by atoms with Crippen LogP contribution in [-0.2, 0) is 23.4 Å². The molecule has 7 nitrogen and oxygen atoms in total. The fourth-order valence-corrected chi connectivity index (χ4v) is 5.63. The smallest absolute Gasteiger partial charge is 0.333 e. The highest BCUT2D eigenvalue weighted by Gasteiger charge is 2.26. The van der Waals surface area contributed by atoms with Gasteiger partial charge in [-0.2, -0.15) is 0 Å². The molecule has 202 valence electrons. The van der Waals surface area contributed by atoms with E-state index in [0.717, 1.165) is 25.9 Å². The number of ether oxygens (including phenoxy) is 2. The molecule has 1 aliphatic heterocycles. The fraction of sp³-hybridized carbons (Fsp3) is 0.962. The number of likely N-dealkylation sites (tertiary alicyclic amines) is 1. The number of carbonyl (C=O) groups excluding carboxylic acids is 1. The number of quaternary nitrogens is 1. The number of hydrogen-bond acceptors (Lipinski definition) is 5. The molecule has 8 heteroatoms. The van der Waals surface area contributed by atoms with E-state index in [2.05, 4.69) is 6.92 Å². The Hall–Kier alpha value is -0.460. The second-order valence-corrected chi connectivity index (χ2v) is 11.9. The molecule has 1 saturated heterocycles. The molecule has 0 aromatic rings. The van der Waals surface area contributed by atoms with Crippen LogP contribution in [0.2, 0.25) is 0 Å². The molecule has 1 heterocycles. The van der Waals surface area contributed by atoms with Crippen LogP contribution in [0.25, 0.3) is 0 Å². The maximum Gasteiger partial charge on any atom is 0.333 e. The van der Waals surface area contributed by atoms with Gasteiger partial charge >= 0.3 is 7.60 Å². The van der Waals surface area contributed by atoms with Gasteiger partial charge in [-0.3, -0.25) is 9.36 Å². The Balaban J connectivity index is 1.94. The summed E-state index contributed by atoms with van der Waals surface area (Å²) in [4.78, 5) is 22.1. The molecule has 0 amide bonds. The molecule has 0 radical (unpaired) electrons. The van der Waals surface area contributed by atoms with Gasteiger partial charge in [0.25, 0.3) is 6.47 Å². The molecule has 1 aliphatic rings.